The zero-order valence-corrected chi connectivity index (χ0v) is 16.0. The first-order chi connectivity index (χ1) is 11.7. The van der Waals surface area contributed by atoms with Crippen molar-refractivity contribution < 1.29 is 19.1 Å². The van der Waals surface area contributed by atoms with Gasteiger partial charge < -0.3 is 14.8 Å². The Kier molecular flexibility index (Phi) is 8.62. The molecule has 0 saturated heterocycles. The Morgan fingerprint density at radius 1 is 1.16 bits per heavy atom. The van der Waals surface area contributed by atoms with Gasteiger partial charge in [-0.15, -0.1) is 0 Å². The third kappa shape index (κ3) is 9.25. The van der Waals surface area contributed by atoms with Gasteiger partial charge in [0.1, 0.15) is 5.60 Å². The fourth-order valence-electron chi connectivity index (χ4n) is 2.36. The minimum Gasteiger partial charge on any atom is -0.444 e. The molecule has 0 fully saturated rings. The van der Waals surface area contributed by atoms with Gasteiger partial charge in [-0.05, 0) is 38.7 Å². The van der Waals surface area contributed by atoms with E-state index in [2.05, 4.69) is 5.32 Å². The molecule has 0 saturated carbocycles. The van der Waals surface area contributed by atoms with Crippen molar-refractivity contribution in [2.75, 3.05) is 6.61 Å². The van der Waals surface area contributed by atoms with Crippen molar-refractivity contribution in [1.82, 2.24) is 5.32 Å². The maximum atomic E-state index is 12.4. The maximum absolute atomic E-state index is 12.4. The van der Waals surface area contributed by atoms with Crippen LogP contribution in [0.2, 0.25) is 0 Å². The molecule has 0 bridgehead atoms. The molecule has 0 aromatic heterocycles. The summed E-state index contributed by atoms with van der Waals surface area (Å²) in [4.78, 5) is 24.2. The number of benzene rings is 1. The monoisotopic (exact) mass is 349 g/mol. The van der Waals surface area contributed by atoms with Crippen LogP contribution in [0.1, 0.15) is 53.0 Å². The van der Waals surface area contributed by atoms with Gasteiger partial charge in [-0.2, -0.15) is 0 Å². The van der Waals surface area contributed by atoms with Crippen LogP contribution in [0.3, 0.4) is 0 Å². The molecular formula is C20H31NO4. The third-order valence-corrected chi connectivity index (χ3v) is 3.55. The number of alkyl carbamates (subject to hydrolysis) is 1. The van der Waals surface area contributed by atoms with Crippen molar-refractivity contribution >= 4 is 11.9 Å². The highest BCUT2D eigenvalue weighted by atomic mass is 16.6. The number of ether oxygens (including phenoxy) is 2. The lowest BCUT2D eigenvalue weighted by Gasteiger charge is -2.23. The largest absolute Gasteiger partial charge is 0.444 e. The summed E-state index contributed by atoms with van der Waals surface area (Å²) in [6.07, 6.45) is 0.347. The zero-order chi connectivity index (χ0) is 18.9. The second-order valence-corrected chi connectivity index (χ2v) is 7.38. The van der Waals surface area contributed by atoms with Crippen LogP contribution in [0.15, 0.2) is 30.3 Å². The lowest BCUT2D eigenvalue weighted by atomic mass is 9.99. The van der Waals surface area contributed by atoms with Gasteiger partial charge >= 0.3 is 6.09 Å². The summed E-state index contributed by atoms with van der Waals surface area (Å²) in [6.45, 7) is 10.3. The Morgan fingerprint density at radius 2 is 1.80 bits per heavy atom. The highest BCUT2D eigenvalue weighted by Crippen LogP contribution is 2.11. The maximum Gasteiger partial charge on any atom is 0.408 e. The van der Waals surface area contributed by atoms with Crippen molar-refractivity contribution in [3.63, 3.8) is 0 Å². The number of ketones is 1. The molecule has 140 valence electrons. The van der Waals surface area contributed by atoms with Crippen LogP contribution in [0.4, 0.5) is 4.79 Å². The van der Waals surface area contributed by atoms with Gasteiger partial charge in [0.15, 0.2) is 5.78 Å². The first-order valence-electron chi connectivity index (χ1n) is 8.85. The highest BCUT2D eigenvalue weighted by Gasteiger charge is 2.24. The van der Waals surface area contributed by atoms with Crippen molar-refractivity contribution in [1.29, 1.82) is 0 Å². The molecule has 0 spiro atoms. The predicted octanol–water partition coefficient (Wildman–Crippen LogP) is 4.10. The number of hydrogen-bond donors (Lipinski definition) is 1. The van der Waals surface area contributed by atoms with Crippen LogP contribution in [0.5, 0.6) is 0 Å². The number of hydrogen-bond acceptors (Lipinski definition) is 4. The molecule has 25 heavy (non-hydrogen) atoms. The molecule has 1 aromatic carbocycles. The van der Waals surface area contributed by atoms with Gasteiger partial charge in [0.2, 0.25) is 0 Å². The standard InChI is InChI=1S/C20H31NO4/c1-6-17(21-19(23)25-20(3,4)5)18(22)12-15(2)13-24-14-16-10-8-7-9-11-16/h7-11,15,17H,6,12-14H2,1-5H3,(H,21,23). The van der Waals surface area contributed by atoms with E-state index >= 15 is 0 Å². The molecular weight excluding hydrogens is 318 g/mol. The second kappa shape index (κ2) is 10.2. The fraction of sp³-hybridized carbons (Fsp3) is 0.600. The highest BCUT2D eigenvalue weighted by molar-refractivity contribution is 5.87. The average Bonchev–Trinajstić information content (AvgIpc) is 2.51. The quantitative estimate of drug-likeness (QED) is 0.729. The number of nitrogens with one attached hydrogen (secondary N) is 1. The Bertz CT molecular complexity index is 536. The summed E-state index contributed by atoms with van der Waals surface area (Å²) in [5.41, 5.74) is 0.531. The Balaban J connectivity index is 2.37. The molecule has 2 atom stereocenters. The Hall–Kier alpha value is -1.88. The summed E-state index contributed by atoms with van der Waals surface area (Å²) in [6, 6.07) is 9.40. The molecule has 0 aliphatic carbocycles. The van der Waals surface area contributed by atoms with Crippen LogP contribution in [0.25, 0.3) is 0 Å². The number of Topliss-reactive ketones (excluding diaryl/α,β-unsaturated/α-hetero) is 1. The smallest absolute Gasteiger partial charge is 0.408 e. The Labute approximate surface area is 151 Å². The first kappa shape index (κ1) is 21.2. The molecule has 1 aromatic rings. The average molecular weight is 349 g/mol. The van der Waals surface area contributed by atoms with Gasteiger partial charge in [-0.3, -0.25) is 4.79 Å². The summed E-state index contributed by atoms with van der Waals surface area (Å²) >= 11 is 0. The topological polar surface area (TPSA) is 64.6 Å². The number of carbonyl (C=O) groups is 2. The van der Waals surface area contributed by atoms with Crippen LogP contribution >= 0.6 is 0 Å². The van der Waals surface area contributed by atoms with Crippen LogP contribution in [0, 0.1) is 5.92 Å². The third-order valence-electron chi connectivity index (χ3n) is 3.55. The number of rotatable bonds is 9. The van der Waals surface area contributed by atoms with Gasteiger partial charge in [0.25, 0.3) is 0 Å². The molecule has 0 aliphatic rings. The molecule has 1 amide bonds. The van der Waals surface area contributed by atoms with Gasteiger partial charge in [-0.1, -0.05) is 44.2 Å². The summed E-state index contributed by atoms with van der Waals surface area (Å²) in [7, 11) is 0. The fourth-order valence-corrected chi connectivity index (χ4v) is 2.36. The normalized spacial score (nSPS) is 13.8. The second-order valence-electron chi connectivity index (χ2n) is 7.38. The summed E-state index contributed by atoms with van der Waals surface area (Å²) in [5.74, 6) is 0.0925. The molecule has 0 aliphatic heterocycles. The molecule has 2 unspecified atom stereocenters. The molecule has 0 radical (unpaired) electrons. The van der Waals surface area contributed by atoms with Gasteiger partial charge in [0.05, 0.1) is 12.6 Å². The number of carbonyl (C=O) groups excluding carboxylic acids is 2. The van der Waals surface area contributed by atoms with E-state index in [0.29, 0.717) is 26.1 Å². The summed E-state index contributed by atoms with van der Waals surface area (Å²) < 4.78 is 10.9. The van der Waals surface area contributed by atoms with Crippen molar-refractivity contribution in [3.05, 3.63) is 35.9 Å². The SMILES string of the molecule is CCC(NC(=O)OC(C)(C)C)C(=O)CC(C)COCc1ccccc1. The number of amides is 1. The van der Waals surface area contributed by atoms with E-state index in [4.69, 9.17) is 9.47 Å². The lowest BCUT2D eigenvalue weighted by Crippen LogP contribution is -2.43. The minimum atomic E-state index is -0.579. The molecule has 1 rings (SSSR count). The minimum absolute atomic E-state index is 0.00386. The van der Waals surface area contributed by atoms with E-state index < -0.39 is 17.7 Å². The van der Waals surface area contributed by atoms with Crippen molar-refractivity contribution in [3.8, 4) is 0 Å². The molecule has 5 nitrogen and oxygen atoms in total. The van der Waals surface area contributed by atoms with Crippen molar-refractivity contribution in [2.45, 2.75) is 65.7 Å². The van der Waals surface area contributed by atoms with Gasteiger partial charge in [0, 0.05) is 13.0 Å². The van der Waals surface area contributed by atoms with Crippen LogP contribution < -0.4 is 5.32 Å². The van der Waals surface area contributed by atoms with Crippen molar-refractivity contribution in [2.24, 2.45) is 5.92 Å². The van der Waals surface area contributed by atoms with E-state index in [-0.39, 0.29) is 11.7 Å². The zero-order valence-electron chi connectivity index (χ0n) is 16.0. The molecule has 1 N–H and O–H groups in total. The first-order valence-corrected chi connectivity index (χ1v) is 8.85. The Morgan fingerprint density at radius 3 is 2.36 bits per heavy atom. The summed E-state index contributed by atoms with van der Waals surface area (Å²) in [5, 5.41) is 2.66. The molecule has 5 heteroatoms. The lowest BCUT2D eigenvalue weighted by molar-refractivity contribution is -0.122. The van der Waals surface area contributed by atoms with E-state index in [1.807, 2.05) is 44.2 Å². The van der Waals surface area contributed by atoms with Crippen LogP contribution in [-0.2, 0) is 20.9 Å². The van der Waals surface area contributed by atoms with E-state index in [9.17, 15) is 9.59 Å². The predicted molar refractivity (Wildman–Crippen MR) is 98.3 cm³/mol. The van der Waals surface area contributed by atoms with E-state index in [0.717, 1.165) is 5.56 Å². The van der Waals surface area contributed by atoms with Crippen LogP contribution in [-0.4, -0.2) is 30.1 Å². The van der Waals surface area contributed by atoms with E-state index in [1.165, 1.54) is 0 Å². The van der Waals surface area contributed by atoms with Gasteiger partial charge in [-0.25, -0.2) is 4.79 Å². The van der Waals surface area contributed by atoms with E-state index in [1.54, 1.807) is 20.8 Å². The molecule has 0 heterocycles.